The van der Waals surface area contributed by atoms with Gasteiger partial charge in [0.05, 0.1) is 0 Å². The van der Waals surface area contributed by atoms with Crippen LogP contribution in [-0.2, 0) is 6.42 Å². The van der Waals surface area contributed by atoms with Gasteiger partial charge in [0.25, 0.3) is 0 Å². The van der Waals surface area contributed by atoms with Crippen LogP contribution in [0.1, 0.15) is 11.1 Å². The van der Waals surface area contributed by atoms with Crippen molar-refractivity contribution in [2.75, 3.05) is 39.9 Å². The number of likely N-dealkylation sites (N-methyl/N-ethyl adjacent to an activating group) is 1. The highest BCUT2D eigenvalue weighted by Crippen LogP contribution is 2.33. The van der Waals surface area contributed by atoms with E-state index in [2.05, 4.69) is 36.3 Å². The van der Waals surface area contributed by atoms with Gasteiger partial charge in [-0.2, -0.15) is 0 Å². The second kappa shape index (κ2) is 5.39. The molecule has 1 aromatic rings. The Labute approximate surface area is 114 Å². The number of aryl methyl sites for hydroxylation is 1. The van der Waals surface area contributed by atoms with E-state index in [-0.39, 0.29) is 0 Å². The maximum absolute atomic E-state index is 5.67. The summed E-state index contributed by atoms with van der Waals surface area (Å²) in [5, 5.41) is 3.59. The van der Waals surface area contributed by atoms with Gasteiger partial charge >= 0.3 is 0 Å². The molecule has 4 nitrogen and oxygen atoms in total. The summed E-state index contributed by atoms with van der Waals surface area (Å²) in [6.45, 7) is 6.77. The molecule has 2 heterocycles. The van der Waals surface area contributed by atoms with Gasteiger partial charge in [-0.05, 0) is 43.7 Å². The van der Waals surface area contributed by atoms with Gasteiger partial charge in [0, 0.05) is 25.7 Å². The molecule has 19 heavy (non-hydrogen) atoms. The summed E-state index contributed by atoms with van der Waals surface area (Å²) in [4.78, 5) is 2.38. The predicted molar refractivity (Wildman–Crippen MR) is 75.2 cm³/mol. The summed E-state index contributed by atoms with van der Waals surface area (Å²) >= 11 is 0. The zero-order valence-electron chi connectivity index (χ0n) is 11.7. The van der Waals surface area contributed by atoms with Crippen LogP contribution in [0.3, 0.4) is 0 Å². The zero-order valence-corrected chi connectivity index (χ0v) is 11.7. The summed E-state index contributed by atoms with van der Waals surface area (Å²) < 4.78 is 11.3. The van der Waals surface area contributed by atoms with E-state index >= 15 is 0 Å². The predicted octanol–water partition coefficient (Wildman–Crippen LogP) is 1.21. The van der Waals surface area contributed by atoms with Gasteiger partial charge in [0.15, 0.2) is 11.5 Å². The Hall–Kier alpha value is -1.26. The summed E-state index contributed by atoms with van der Waals surface area (Å²) in [6, 6.07) is 4.79. The van der Waals surface area contributed by atoms with E-state index in [1.165, 1.54) is 11.1 Å². The van der Waals surface area contributed by atoms with Crippen LogP contribution in [0.15, 0.2) is 12.1 Å². The van der Waals surface area contributed by atoms with Crippen molar-refractivity contribution >= 4 is 0 Å². The molecule has 1 N–H and O–H groups in total. The molecule has 0 radical (unpaired) electrons. The van der Waals surface area contributed by atoms with Gasteiger partial charge in [-0.1, -0.05) is 0 Å². The van der Waals surface area contributed by atoms with E-state index in [0.29, 0.717) is 19.3 Å². The van der Waals surface area contributed by atoms with E-state index < -0.39 is 0 Å². The highest BCUT2D eigenvalue weighted by Gasteiger charge is 2.20. The molecule has 1 aromatic carbocycles. The number of nitrogens with one attached hydrogen (secondary N) is 1. The molecule has 3 rings (SSSR count). The molecule has 1 unspecified atom stereocenters. The molecule has 104 valence electrons. The number of nitrogens with zero attached hydrogens (tertiary/aromatic N) is 1. The van der Waals surface area contributed by atoms with Crippen molar-refractivity contribution in [1.29, 1.82) is 0 Å². The minimum Gasteiger partial charge on any atom is -0.486 e. The SMILES string of the molecule is Cc1cc2c(cc1CC1CN(C)CCN1)OCCO2. The molecule has 1 saturated heterocycles. The fourth-order valence-corrected chi connectivity index (χ4v) is 2.85. The van der Waals surface area contributed by atoms with Crippen LogP contribution in [0.4, 0.5) is 0 Å². The number of rotatable bonds is 2. The van der Waals surface area contributed by atoms with Crippen molar-refractivity contribution in [2.45, 2.75) is 19.4 Å². The number of fused-ring (bicyclic) bond motifs is 1. The normalized spacial score (nSPS) is 23.4. The Morgan fingerprint density at radius 3 is 2.74 bits per heavy atom. The van der Waals surface area contributed by atoms with Crippen LogP contribution in [0, 0.1) is 6.92 Å². The molecule has 0 aliphatic carbocycles. The smallest absolute Gasteiger partial charge is 0.161 e. The highest BCUT2D eigenvalue weighted by atomic mass is 16.6. The van der Waals surface area contributed by atoms with Gasteiger partial charge in [0.2, 0.25) is 0 Å². The number of ether oxygens (including phenoxy) is 2. The second-order valence-corrected chi connectivity index (χ2v) is 5.54. The molecule has 0 spiro atoms. The molecule has 0 amide bonds. The van der Waals surface area contributed by atoms with E-state index in [0.717, 1.165) is 37.6 Å². The fourth-order valence-electron chi connectivity index (χ4n) is 2.85. The average molecular weight is 262 g/mol. The third-order valence-corrected chi connectivity index (χ3v) is 3.93. The first kappa shape index (κ1) is 12.8. The van der Waals surface area contributed by atoms with E-state index in [1.807, 2.05) is 0 Å². The minimum atomic E-state index is 0.528. The first-order valence-electron chi connectivity index (χ1n) is 7.03. The summed E-state index contributed by atoms with van der Waals surface area (Å²) in [5.74, 6) is 1.79. The fraction of sp³-hybridized carbons (Fsp3) is 0.600. The molecule has 1 fully saturated rings. The molecule has 0 bridgehead atoms. The molecule has 4 heteroatoms. The third kappa shape index (κ3) is 2.85. The largest absolute Gasteiger partial charge is 0.486 e. The lowest BCUT2D eigenvalue weighted by Crippen LogP contribution is -2.50. The number of benzene rings is 1. The quantitative estimate of drug-likeness (QED) is 0.869. The van der Waals surface area contributed by atoms with Crippen LogP contribution in [0.5, 0.6) is 11.5 Å². The van der Waals surface area contributed by atoms with Crippen LogP contribution < -0.4 is 14.8 Å². The Morgan fingerprint density at radius 1 is 1.26 bits per heavy atom. The maximum atomic E-state index is 5.67. The lowest BCUT2D eigenvalue weighted by molar-refractivity contribution is 0.171. The van der Waals surface area contributed by atoms with Crippen molar-refractivity contribution in [3.05, 3.63) is 23.3 Å². The molecule has 2 aliphatic rings. The van der Waals surface area contributed by atoms with Crippen LogP contribution in [0.2, 0.25) is 0 Å². The lowest BCUT2D eigenvalue weighted by Gasteiger charge is -2.31. The second-order valence-electron chi connectivity index (χ2n) is 5.54. The molecule has 0 saturated carbocycles. The van der Waals surface area contributed by atoms with Gasteiger partial charge in [-0.15, -0.1) is 0 Å². The van der Waals surface area contributed by atoms with Crippen molar-refractivity contribution in [3.63, 3.8) is 0 Å². The van der Waals surface area contributed by atoms with Gasteiger partial charge < -0.3 is 19.7 Å². The lowest BCUT2D eigenvalue weighted by atomic mass is 9.99. The molecule has 0 aromatic heterocycles. The maximum Gasteiger partial charge on any atom is 0.161 e. The number of hydrogen-bond donors (Lipinski definition) is 1. The number of hydrogen-bond acceptors (Lipinski definition) is 4. The van der Waals surface area contributed by atoms with Crippen LogP contribution in [0.25, 0.3) is 0 Å². The zero-order chi connectivity index (χ0) is 13.2. The molecular formula is C15H22N2O2. The Kier molecular flexibility index (Phi) is 3.62. The first-order valence-corrected chi connectivity index (χ1v) is 7.03. The Morgan fingerprint density at radius 2 is 2.00 bits per heavy atom. The van der Waals surface area contributed by atoms with Crippen molar-refractivity contribution < 1.29 is 9.47 Å². The Balaban J connectivity index is 1.76. The summed E-state index contributed by atoms with van der Waals surface area (Å²) in [7, 11) is 2.19. The number of piperazine rings is 1. The monoisotopic (exact) mass is 262 g/mol. The van der Waals surface area contributed by atoms with E-state index in [1.54, 1.807) is 0 Å². The van der Waals surface area contributed by atoms with Crippen molar-refractivity contribution in [2.24, 2.45) is 0 Å². The molecule has 2 aliphatic heterocycles. The molecule has 1 atom stereocenters. The highest BCUT2D eigenvalue weighted by molar-refractivity contribution is 5.48. The van der Waals surface area contributed by atoms with E-state index in [9.17, 15) is 0 Å². The van der Waals surface area contributed by atoms with Crippen LogP contribution >= 0.6 is 0 Å². The minimum absolute atomic E-state index is 0.528. The van der Waals surface area contributed by atoms with Crippen molar-refractivity contribution in [1.82, 2.24) is 10.2 Å². The summed E-state index contributed by atoms with van der Waals surface area (Å²) in [5.41, 5.74) is 2.65. The summed E-state index contributed by atoms with van der Waals surface area (Å²) in [6.07, 6.45) is 1.05. The van der Waals surface area contributed by atoms with E-state index in [4.69, 9.17) is 9.47 Å². The standard InChI is InChI=1S/C15H22N2O2/c1-11-7-14-15(19-6-5-18-14)9-12(11)8-13-10-17(2)4-3-16-13/h7,9,13,16H,3-6,8,10H2,1-2H3. The third-order valence-electron chi connectivity index (χ3n) is 3.93. The van der Waals surface area contributed by atoms with Gasteiger partial charge in [-0.25, -0.2) is 0 Å². The Bertz CT molecular complexity index is 462. The van der Waals surface area contributed by atoms with Gasteiger partial charge in [-0.3, -0.25) is 0 Å². The van der Waals surface area contributed by atoms with Crippen LogP contribution in [-0.4, -0.2) is 50.8 Å². The molecular weight excluding hydrogens is 240 g/mol. The first-order chi connectivity index (χ1) is 9.22. The average Bonchev–Trinajstić information content (AvgIpc) is 2.40. The van der Waals surface area contributed by atoms with Gasteiger partial charge in [0.1, 0.15) is 13.2 Å². The van der Waals surface area contributed by atoms with Crippen molar-refractivity contribution in [3.8, 4) is 11.5 Å². The topological polar surface area (TPSA) is 33.7 Å².